The summed E-state index contributed by atoms with van der Waals surface area (Å²) in [5, 5.41) is 11.0. The van der Waals surface area contributed by atoms with Gasteiger partial charge in [-0.05, 0) is 74.2 Å². The number of aromatic nitrogens is 1. The molecule has 0 fully saturated rings. The van der Waals surface area contributed by atoms with Crippen molar-refractivity contribution in [2.24, 2.45) is 4.99 Å². The molecule has 1 unspecified atom stereocenters. The predicted molar refractivity (Wildman–Crippen MR) is 123 cm³/mol. The Morgan fingerprint density at radius 1 is 1.19 bits per heavy atom. The molecule has 7 nitrogen and oxygen atoms in total. The molecule has 2 aromatic heterocycles. The van der Waals surface area contributed by atoms with Gasteiger partial charge in [-0.25, -0.2) is 4.99 Å². The topological polar surface area (TPSA) is 86.7 Å². The highest BCUT2D eigenvalue weighted by Crippen LogP contribution is 2.34. The number of hydrogen-bond donors (Lipinski definition) is 0. The molecule has 4 rings (SSSR count). The zero-order valence-corrected chi connectivity index (χ0v) is 19.4. The zero-order valence-electron chi connectivity index (χ0n) is 17.8. The average Bonchev–Trinajstić information content (AvgIpc) is 3.30. The molecule has 31 heavy (non-hydrogen) atoms. The van der Waals surface area contributed by atoms with Crippen LogP contribution in [0.2, 0.25) is 0 Å². The van der Waals surface area contributed by atoms with Gasteiger partial charge < -0.3 is 4.74 Å². The zero-order chi connectivity index (χ0) is 22.4. The maximum atomic E-state index is 13.4. The van der Waals surface area contributed by atoms with Gasteiger partial charge in [0.05, 0.1) is 22.6 Å². The van der Waals surface area contributed by atoms with E-state index in [0.29, 0.717) is 14.2 Å². The summed E-state index contributed by atoms with van der Waals surface area (Å²) in [5.41, 5.74) is 4.92. The number of methoxy groups -OCH3 is 1. The van der Waals surface area contributed by atoms with Crippen LogP contribution in [0, 0.1) is 30.9 Å². The summed E-state index contributed by atoms with van der Waals surface area (Å²) in [7, 11) is 1.66. The molecule has 0 amide bonds. The molecule has 3 heterocycles. The summed E-state index contributed by atoms with van der Waals surface area (Å²) in [6.07, 6.45) is 3.71. The molecular formula is C22H21N3O4S2. The number of fused-ring (bicyclic) bond motifs is 1. The number of thiophene rings is 1. The highest BCUT2D eigenvalue weighted by atomic mass is 32.1. The standard InChI is InChI=1S/C22H21N3O4S2/c1-11-8-17(29-5)13(3)14(4)20(11)16-9-12(2)23-22-24(16)21(26)18(31-22)10-15-6-7-19(30-15)25(27)28/h6-10,16H,1-5H3/b18-10-. The number of ether oxygens (including phenoxy) is 1. The molecule has 0 bridgehead atoms. The maximum absolute atomic E-state index is 13.4. The summed E-state index contributed by atoms with van der Waals surface area (Å²) in [6.45, 7) is 8.01. The number of rotatable bonds is 4. The number of benzene rings is 1. The van der Waals surface area contributed by atoms with Crippen molar-refractivity contribution in [2.45, 2.75) is 33.7 Å². The molecular weight excluding hydrogens is 434 g/mol. The SMILES string of the molecule is COc1cc(C)c(C2C=C(C)N=c3s/c(=C\c4ccc([N+](=O)[O-])s4)c(=O)n32)c(C)c1C. The largest absolute Gasteiger partial charge is 0.496 e. The third-order valence-electron chi connectivity index (χ3n) is 5.48. The van der Waals surface area contributed by atoms with Crippen LogP contribution in [0.25, 0.3) is 6.08 Å². The van der Waals surface area contributed by atoms with Gasteiger partial charge in [0.25, 0.3) is 5.56 Å². The van der Waals surface area contributed by atoms with Crippen molar-refractivity contribution >= 4 is 33.8 Å². The Kier molecular flexibility index (Phi) is 5.40. The van der Waals surface area contributed by atoms with Crippen LogP contribution in [0.15, 0.2) is 39.8 Å². The Balaban J connectivity index is 1.92. The van der Waals surface area contributed by atoms with Crippen LogP contribution < -0.4 is 19.6 Å². The van der Waals surface area contributed by atoms with Crippen molar-refractivity contribution in [3.05, 3.63) is 86.9 Å². The Hall–Kier alpha value is -3.04. The van der Waals surface area contributed by atoms with Gasteiger partial charge in [0.15, 0.2) is 4.80 Å². The van der Waals surface area contributed by atoms with E-state index in [4.69, 9.17) is 4.74 Å². The molecule has 0 saturated carbocycles. The summed E-state index contributed by atoms with van der Waals surface area (Å²) >= 11 is 2.35. The lowest BCUT2D eigenvalue weighted by molar-refractivity contribution is -0.380. The van der Waals surface area contributed by atoms with E-state index in [1.165, 1.54) is 17.4 Å². The van der Waals surface area contributed by atoms with Crippen LogP contribution >= 0.6 is 22.7 Å². The van der Waals surface area contributed by atoms with Crippen LogP contribution in [0.1, 0.15) is 40.1 Å². The van der Waals surface area contributed by atoms with Gasteiger partial charge in [-0.3, -0.25) is 19.5 Å². The van der Waals surface area contributed by atoms with E-state index in [1.807, 2.05) is 39.8 Å². The Morgan fingerprint density at radius 3 is 2.58 bits per heavy atom. The fourth-order valence-corrected chi connectivity index (χ4v) is 5.79. The second-order valence-corrected chi connectivity index (χ2v) is 9.53. The van der Waals surface area contributed by atoms with Crippen LogP contribution in [-0.4, -0.2) is 16.6 Å². The van der Waals surface area contributed by atoms with E-state index in [9.17, 15) is 14.9 Å². The second-order valence-electron chi connectivity index (χ2n) is 7.43. The first kappa shape index (κ1) is 21.2. The minimum absolute atomic E-state index is 0.0488. The molecule has 3 aromatic rings. The highest BCUT2D eigenvalue weighted by molar-refractivity contribution is 7.16. The number of hydrogen-bond acceptors (Lipinski definition) is 7. The molecule has 160 valence electrons. The lowest BCUT2D eigenvalue weighted by atomic mass is 9.91. The van der Waals surface area contributed by atoms with E-state index >= 15 is 0 Å². The lowest BCUT2D eigenvalue weighted by Crippen LogP contribution is -2.36. The van der Waals surface area contributed by atoms with Crippen molar-refractivity contribution < 1.29 is 9.66 Å². The number of allylic oxidation sites excluding steroid dienone is 2. The molecule has 1 aliphatic rings. The van der Waals surface area contributed by atoms with Crippen LogP contribution in [0.4, 0.5) is 5.00 Å². The summed E-state index contributed by atoms with van der Waals surface area (Å²) in [5.74, 6) is 0.825. The number of thiazole rings is 1. The Labute approximate surface area is 186 Å². The number of nitrogens with zero attached hydrogens (tertiary/aromatic N) is 3. The lowest BCUT2D eigenvalue weighted by Gasteiger charge is -2.24. The third-order valence-corrected chi connectivity index (χ3v) is 7.44. The van der Waals surface area contributed by atoms with E-state index < -0.39 is 4.92 Å². The van der Waals surface area contributed by atoms with Crippen LogP contribution in [0.3, 0.4) is 0 Å². The first-order chi connectivity index (χ1) is 14.7. The predicted octanol–water partition coefficient (Wildman–Crippen LogP) is 3.77. The van der Waals surface area contributed by atoms with Crippen molar-refractivity contribution in [1.82, 2.24) is 4.57 Å². The number of nitro groups is 1. The van der Waals surface area contributed by atoms with Gasteiger partial charge in [-0.15, -0.1) is 0 Å². The van der Waals surface area contributed by atoms with Gasteiger partial charge >= 0.3 is 5.00 Å². The van der Waals surface area contributed by atoms with E-state index in [2.05, 4.69) is 4.99 Å². The fraction of sp³-hybridized carbons (Fsp3) is 0.273. The minimum atomic E-state index is -0.426. The first-order valence-electron chi connectivity index (χ1n) is 9.60. The molecule has 0 aliphatic carbocycles. The van der Waals surface area contributed by atoms with Gasteiger partial charge in [0.1, 0.15) is 5.75 Å². The van der Waals surface area contributed by atoms with Crippen molar-refractivity contribution in [2.75, 3.05) is 7.11 Å². The fourth-order valence-electron chi connectivity index (χ4n) is 3.89. The summed E-state index contributed by atoms with van der Waals surface area (Å²) < 4.78 is 7.72. The molecule has 0 N–H and O–H groups in total. The van der Waals surface area contributed by atoms with Crippen LogP contribution in [0.5, 0.6) is 5.75 Å². The van der Waals surface area contributed by atoms with Crippen molar-refractivity contribution in [3.8, 4) is 5.75 Å². The summed E-state index contributed by atoms with van der Waals surface area (Å²) in [6, 6.07) is 4.83. The van der Waals surface area contributed by atoms with Gasteiger partial charge in [0, 0.05) is 16.6 Å². The van der Waals surface area contributed by atoms with Gasteiger partial charge in [0.2, 0.25) is 0 Å². The highest BCUT2D eigenvalue weighted by Gasteiger charge is 2.25. The van der Waals surface area contributed by atoms with Crippen LogP contribution in [-0.2, 0) is 0 Å². The average molecular weight is 456 g/mol. The smallest absolute Gasteiger partial charge is 0.324 e. The molecule has 0 saturated heterocycles. The molecule has 1 aliphatic heterocycles. The van der Waals surface area contributed by atoms with E-state index in [0.717, 1.165) is 45.0 Å². The maximum Gasteiger partial charge on any atom is 0.324 e. The first-order valence-corrected chi connectivity index (χ1v) is 11.2. The normalized spacial score (nSPS) is 16.0. The Bertz CT molecular complexity index is 1430. The second kappa shape index (κ2) is 7.90. The third kappa shape index (κ3) is 3.64. The van der Waals surface area contributed by atoms with E-state index in [-0.39, 0.29) is 16.6 Å². The monoisotopic (exact) mass is 455 g/mol. The molecule has 0 spiro atoms. The quantitative estimate of drug-likeness (QED) is 0.443. The molecule has 1 aromatic carbocycles. The van der Waals surface area contributed by atoms with Gasteiger partial charge in [-0.1, -0.05) is 22.7 Å². The van der Waals surface area contributed by atoms with Gasteiger partial charge in [-0.2, -0.15) is 0 Å². The molecule has 9 heteroatoms. The molecule has 0 radical (unpaired) electrons. The molecule has 1 atom stereocenters. The summed E-state index contributed by atoms with van der Waals surface area (Å²) in [4.78, 5) is 29.8. The van der Waals surface area contributed by atoms with Crippen molar-refractivity contribution in [3.63, 3.8) is 0 Å². The minimum Gasteiger partial charge on any atom is -0.496 e. The Morgan fingerprint density at radius 2 is 1.94 bits per heavy atom. The van der Waals surface area contributed by atoms with Crippen molar-refractivity contribution in [1.29, 1.82) is 0 Å². The number of aryl methyl sites for hydroxylation is 1. The van der Waals surface area contributed by atoms with E-state index in [1.54, 1.807) is 23.8 Å².